The van der Waals surface area contributed by atoms with Crippen molar-refractivity contribution in [3.8, 4) is 6.07 Å². The van der Waals surface area contributed by atoms with Crippen LogP contribution in [-0.4, -0.2) is 0 Å². The van der Waals surface area contributed by atoms with Crippen LogP contribution in [0, 0.1) is 17.2 Å². The van der Waals surface area contributed by atoms with Crippen molar-refractivity contribution < 1.29 is 0 Å². The monoisotopic (exact) mass is 188 g/mol. The van der Waals surface area contributed by atoms with Gasteiger partial charge in [0.1, 0.15) is 6.04 Å². The molecule has 1 aromatic carbocycles. The molecule has 0 heterocycles. The molecule has 0 fully saturated rings. The Balaban J connectivity index is 2.74. The van der Waals surface area contributed by atoms with Crippen LogP contribution in [0.5, 0.6) is 0 Å². The largest absolute Gasteiger partial charge is 0.312 e. The first-order valence-electron chi connectivity index (χ1n) is 4.87. The summed E-state index contributed by atoms with van der Waals surface area (Å²) in [4.78, 5) is 0. The summed E-state index contributed by atoms with van der Waals surface area (Å²) in [5, 5.41) is 8.63. The molecule has 2 nitrogen and oxygen atoms in total. The number of benzene rings is 1. The van der Waals surface area contributed by atoms with Gasteiger partial charge in [-0.05, 0) is 23.5 Å². The highest BCUT2D eigenvalue weighted by molar-refractivity contribution is 5.27. The molecule has 0 radical (unpaired) electrons. The summed E-state index contributed by atoms with van der Waals surface area (Å²) in [6, 6.07) is 9.49. The molecule has 1 rings (SSSR count). The normalized spacial score (nSPS) is 12.5. The van der Waals surface area contributed by atoms with Gasteiger partial charge in [0, 0.05) is 0 Å². The third kappa shape index (κ3) is 2.86. The first kappa shape index (κ1) is 10.7. The van der Waals surface area contributed by atoms with E-state index in [9.17, 15) is 0 Å². The summed E-state index contributed by atoms with van der Waals surface area (Å²) in [5.41, 5.74) is 7.77. The van der Waals surface area contributed by atoms with Gasteiger partial charge in [-0.25, -0.2) is 0 Å². The molecule has 2 N–H and O–H groups in total. The maximum absolute atomic E-state index is 8.63. The molecule has 0 spiro atoms. The van der Waals surface area contributed by atoms with Crippen molar-refractivity contribution >= 4 is 0 Å². The summed E-state index contributed by atoms with van der Waals surface area (Å²) >= 11 is 0. The fraction of sp³-hybridized carbons (Fsp3) is 0.417. The van der Waals surface area contributed by atoms with Crippen LogP contribution in [0.4, 0.5) is 0 Å². The first-order valence-corrected chi connectivity index (χ1v) is 4.87. The second kappa shape index (κ2) is 4.78. The first-order chi connectivity index (χ1) is 6.63. The van der Waals surface area contributed by atoms with Crippen LogP contribution in [0.1, 0.15) is 31.0 Å². The lowest BCUT2D eigenvalue weighted by Gasteiger charge is -2.07. The van der Waals surface area contributed by atoms with E-state index in [-0.39, 0.29) is 0 Å². The van der Waals surface area contributed by atoms with E-state index in [1.54, 1.807) is 0 Å². The summed E-state index contributed by atoms with van der Waals surface area (Å²) in [6.45, 7) is 4.38. The maximum atomic E-state index is 8.63. The number of nitriles is 1. The van der Waals surface area contributed by atoms with Crippen LogP contribution in [-0.2, 0) is 6.42 Å². The van der Waals surface area contributed by atoms with Crippen LogP contribution in [0.2, 0.25) is 0 Å². The Morgan fingerprint density at radius 1 is 1.29 bits per heavy atom. The van der Waals surface area contributed by atoms with Crippen LogP contribution >= 0.6 is 0 Å². The molecular formula is C12H16N2. The number of nitrogens with zero attached hydrogens (tertiary/aromatic N) is 1. The molecule has 0 bridgehead atoms. The molecule has 2 heteroatoms. The van der Waals surface area contributed by atoms with Crippen LogP contribution < -0.4 is 5.73 Å². The zero-order valence-electron chi connectivity index (χ0n) is 8.70. The molecule has 0 aliphatic carbocycles. The summed E-state index contributed by atoms with van der Waals surface area (Å²) in [6.07, 6.45) is 1.07. The molecule has 0 amide bonds. The van der Waals surface area contributed by atoms with Crippen LogP contribution in [0.25, 0.3) is 0 Å². The molecule has 0 saturated carbocycles. The average molecular weight is 188 g/mol. The van der Waals surface area contributed by atoms with Crippen LogP contribution in [0.3, 0.4) is 0 Å². The van der Waals surface area contributed by atoms with Crippen molar-refractivity contribution in [1.82, 2.24) is 0 Å². The van der Waals surface area contributed by atoms with Gasteiger partial charge in [-0.2, -0.15) is 5.26 Å². The van der Waals surface area contributed by atoms with Crippen molar-refractivity contribution in [1.29, 1.82) is 5.26 Å². The predicted molar refractivity (Wildman–Crippen MR) is 57.5 cm³/mol. The number of nitrogens with two attached hydrogens (primary N) is 1. The third-order valence-electron chi connectivity index (χ3n) is 2.12. The molecule has 74 valence electrons. The summed E-state index contributed by atoms with van der Waals surface area (Å²) < 4.78 is 0. The number of rotatable bonds is 3. The Morgan fingerprint density at radius 2 is 1.86 bits per heavy atom. The standard InChI is InChI=1S/C12H16N2/c1-9(2)7-10-3-5-11(6-4-10)12(14)8-13/h3-6,9,12H,7,14H2,1-2H3/t12-/m1/s1. The van der Waals surface area contributed by atoms with Crippen molar-refractivity contribution in [2.24, 2.45) is 11.7 Å². The SMILES string of the molecule is CC(C)Cc1ccc([C@H](N)C#N)cc1. The molecule has 0 unspecified atom stereocenters. The smallest absolute Gasteiger partial charge is 0.118 e. The van der Waals surface area contributed by atoms with Crippen molar-refractivity contribution in [3.63, 3.8) is 0 Å². The van der Waals surface area contributed by atoms with Gasteiger partial charge in [0.25, 0.3) is 0 Å². The van der Waals surface area contributed by atoms with Crippen molar-refractivity contribution in [3.05, 3.63) is 35.4 Å². The Labute approximate surface area is 85.4 Å². The summed E-state index contributed by atoms with van der Waals surface area (Å²) in [5.74, 6) is 0.658. The van der Waals surface area contributed by atoms with Gasteiger partial charge in [0.2, 0.25) is 0 Å². The lowest BCUT2D eigenvalue weighted by Crippen LogP contribution is -2.07. The molecule has 0 aliphatic heterocycles. The van der Waals surface area contributed by atoms with E-state index in [0.717, 1.165) is 12.0 Å². The minimum Gasteiger partial charge on any atom is -0.312 e. The van der Waals surface area contributed by atoms with Crippen molar-refractivity contribution in [2.45, 2.75) is 26.3 Å². The number of hydrogen-bond donors (Lipinski definition) is 1. The summed E-state index contributed by atoms with van der Waals surface area (Å²) in [7, 11) is 0. The fourth-order valence-corrected chi connectivity index (χ4v) is 1.41. The molecule has 0 aromatic heterocycles. The third-order valence-corrected chi connectivity index (χ3v) is 2.12. The highest BCUT2D eigenvalue weighted by Crippen LogP contribution is 2.13. The van der Waals surface area contributed by atoms with E-state index < -0.39 is 6.04 Å². The van der Waals surface area contributed by atoms with Gasteiger partial charge in [-0.15, -0.1) is 0 Å². The second-order valence-corrected chi connectivity index (χ2v) is 3.95. The molecule has 1 atom stereocenters. The lowest BCUT2D eigenvalue weighted by molar-refractivity contribution is 0.647. The number of hydrogen-bond acceptors (Lipinski definition) is 2. The molecular weight excluding hydrogens is 172 g/mol. The zero-order chi connectivity index (χ0) is 10.6. The highest BCUT2D eigenvalue weighted by Gasteiger charge is 2.03. The molecule has 14 heavy (non-hydrogen) atoms. The average Bonchev–Trinajstić information content (AvgIpc) is 2.17. The van der Waals surface area contributed by atoms with E-state index >= 15 is 0 Å². The van der Waals surface area contributed by atoms with Crippen LogP contribution in [0.15, 0.2) is 24.3 Å². The van der Waals surface area contributed by atoms with E-state index in [4.69, 9.17) is 11.0 Å². The second-order valence-electron chi connectivity index (χ2n) is 3.95. The van der Waals surface area contributed by atoms with Gasteiger partial charge in [-0.3, -0.25) is 0 Å². The predicted octanol–water partition coefficient (Wildman–Crippen LogP) is 2.41. The quantitative estimate of drug-likeness (QED) is 0.791. The molecule has 1 aromatic rings. The minimum atomic E-state index is -0.497. The lowest BCUT2D eigenvalue weighted by atomic mass is 10.00. The van der Waals surface area contributed by atoms with Gasteiger partial charge < -0.3 is 5.73 Å². The Hall–Kier alpha value is -1.33. The fourth-order valence-electron chi connectivity index (χ4n) is 1.41. The van der Waals surface area contributed by atoms with E-state index in [0.29, 0.717) is 5.92 Å². The molecule has 0 aliphatic rings. The minimum absolute atomic E-state index is 0.497. The Kier molecular flexibility index (Phi) is 3.67. The Morgan fingerprint density at radius 3 is 2.29 bits per heavy atom. The molecule has 0 saturated heterocycles. The van der Waals surface area contributed by atoms with E-state index in [2.05, 4.69) is 13.8 Å². The highest BCUT2D eigenvalue weighted by atomic mass is 14.6. The van der Waals surface area contributed by atoms with Gasteiger partial charge in [0.15, 0.2) is 0 Å². The van der Waals surface area contributed by atoms with Gasteiger partial charge in [0.05, 0.1) is 6.07 Å². The maximum Gasteiger partial charge on any atom is 0.118 e. The van der Waals surface area contributed by atoms with E-state index in [1.807, 2.05) is 30.3 Å². The van der Waals surface area contributed by atoms with Gasteiger partial charge >= 0.3 is 0 Å². The zero-order valence-corrected chi connectivity index (χ0v) is 8.70. The van der Waals surface area contributed by atoms with Gasteiger partial charge in [-0.1, -0.05) is 38.1 Å². The van der Waals surface area contributed by atoms with E-state index in [1.165, 1.54) is 5.56 Å². The van der Waals surface area contributed by atoms with Crippen molar-refractivity contribution in [2.75, 3.05) is 0 Å². The Bertz CT molecular complexity index is 319. The topological polar surface area (TPSA) is 49.8 Å².